The molecule has 0 amide bonds. The number of halogens is 1. The Bertz CT molecular complexity index is 1250. The summed E-state index contributed by atoms with van der Waals surface area (Å²) in [7, 11) is 1.62. The van der Waals surface area contributed by atoms with E-state index < -0.39 is 0 Å². The van der Waals surface area contributed by atoms with Gasteiger partial charge in [0.25, 0.3) is 5.56 Å². The molecule has 0 aliphatic heterocycles. The largest absolute Gasteiger partial charge is 0.493 e. The van der Waals surface area contributed by atoms with Crippen LogP contribution in [0.25, 0.3) is 10.9 Å². The van der Waals surface area contributed by atoms with Gasteiger partial charge in [0.1, 0.15) is 5.82 Å². The fourth-order valence-electron chi connectivity index (χ4n) is 4.28. The first-order valence-corrected chi connectivity index (χ1v) is 12.6. The standard InChI is InChI=1S/C27H32BrN3O3/c1-27(2,3)17-34-24-19(14-20(28)15-23(24)33-4)16-29-31-25(18-10-6-5-7-11-18)30-22-13-9-8-12-21(22)26(31)32/h8-9,12-16,18H,5-7,10-11,17H2,1-4H3. The Hall–Kier alpha value is -2.67. The highest BCUT2D eigenvalue weighted by Gasteiger charge is 2.23. The molecule has 0 N–H and O–H groups in total. The van der Waals surface area contributed by atoms with Crippen LogP contribution in [0.1, 0.15) is 70.2 Å². The topological polar surface area (TPSA) is 65.7 Å². The lowest BCUT2D eigenvalue weighted by atomic mass is 9.88. The van der Waals surface area contributed by atoms with Crippen LogP contribution in [0.2, 0.25) is 0 Å². The van der Waals surface area contributed by atoms with Gasteiger partial charge in [-0.3, -0.25) is 4.79 Å². The van der Waals surface area contributed by atoms with Gasteiger partial charge >= 0.3 is 0 Å². The van der Waals surface area contributed by atoms with Gasteiger partial charge in [-0.2, -0.15) is 9.78 Å². The van der Waals surface area contributed by atoms with Gasteiger partial charge in [-0.05, 0) is 42.5 Å². The minimum absolute atomic E-state index is 0.0279. The molecule has 0 spiro atoms. The highest BCUT2D eigenvalue weighted by molar-refractivity contribution is 9.10. The van der Waals surface area contributed by atoms with Gasteiger partial charge in [-0.25, -0.2) is 4.98 Å². The molecule has 0 atom stereocenters. The fourth-order valence-corrected chi connectivity index (χ4v) is 4.73. The maximum atomic E-state index is 13.5. The minimum Gasteiger partial charge on any atom is -0.493 e. The number of hydrogen-bond acceptors (Lipinski definition) is 5. The molecule has 1 aliphatic carbocycles. The molecule has 4 rings (SSSR count). The summed E-state index contributed by atoms with van der Waals surface area (Å²) < 4.78 is 14.1. The van der Waals surface area contributed by atoms with Crippen LogP contribution < -0.4 is 15.0 Å². The van der Waals surface area contributed by atoms with Crippen molar-refractivity contribution in [3.05, 3.63) is 62.6 Å². The first-order chi connectivity index (χ1) is 16.3. The van der Waals surface area contributed by atoms with Crippen molar-refractivity contribution in [3.8, 4) is 11.5 Å². The van der Waals surface area contributed by atoms with Gasteiger partial charge in [-0.15, -0.1) is 0 Å². The van der Waals surface area contributed by atoms with Crippen LogP contribution in [0.3, 0.4) is 0 Å². The molecule has 0 unspecified atom stereocenters. The molecule has 7 heteroatoms. The summed E-state index contributed by atoms with van der Waals surface area (Å²) in [5.74, 6) is 2.16. The van der Waals surface area contributed by atoms with E-state index in [0.29, 0.717) is 23.5 Å². The second-order valence-electron chi connectivity index (χ2n) is 10.1. The Morgan fingerprint density at radius 1 is 1.18 bits per heavy atom. The van der Waals surface area contributed by atoms with E-state index >= 15 is 0 Å². The lowest BCUT2D eigenvalue weighted by Gasteiger charge is -2.23. The summed E-state index contributed by atoms with van der Waals surface area (Å²) in [6, 6.07) is 11.3. The Balaban J connectivity index is 1.83. The zero-order valence-corrected chi connectivity index (χ0v) is 21.9. The molecule has 3 aromatic rings. The summed E-state index contributed by atoms with van der Waals surface area (Å²) in [6.07, 6.45) is 7.23. The van der Waals surface area contributed by atoms with Crippen LogP contribution in [-0.4, -0.2) is 29.6 Å². The number of rotatable bonds is 6. The normalized spacial score (nSPS) is 15.2. The number of ether oxygens (including phenoxy) is 2. The zero-order chi connectivity index (χ0) is 24.3. The average Bonchev–Trinajstić information content (AvgIpc) is 2.82. The SMILES string of the molecule is COc1cc(Br)cc(C=Nn2c(C3CCCCC3)nc3ccccc3c2=O)c1OCC(C)(C)C. The summed E-state index contributed by atoms with van der Waals surface area (Å²) in [5, 5.41) is 5.25. The fraction of sp³-hybridized carbons (Fsp3) is 0.444. The van der Waals surface area contributed by atoms with Crippen LogP contribution in [-0.2, 0) is 0 Å². The van der Waals surface area contributed by atoms with Gasteiger partial charge in [0.15, 0.2) is 11.5 Å². The highest BCUT2D eigenvalue weighted by atomic mass is 79.9. The predicted octanol–water partition coefficient (Wildman–Crippen LogP) is 6.52. The van der Waals surface area contributed by atoms with Gasteiger partial charge in [0.05, 0.1) is 30.8 Å². The second kappa shape index (κ2) is 10.3. The van der Waals surface area contributed by atoms with Crippen LogP contribution in [0.5, 0.6) is 11.5 Å². The van der Waals surface area contributed by atoms with Crippen molar-refractivity contribution < 1.29 is 9.47 Å². The molecule has 180 valence electrons. The third kappa shape index (κ3) is 5.52. The van der Waals surface area contributed by atoms with E-state index in [4.69, 9.17) is 14.5 Å². The van der Waals surface area contributed by atoms with Gasteiger partial charge in [0.2, 0.25) is 0 Å². The molecule has 0 radical (unpaired) electrons. The van der Waals surface area contributed by atoms with Crippen molar-refractivity contribution in [2.75, 3.05) is 13.7 Å². The predicted molar refractivity (Wildman–Crippen MR) is 140 cm³/mol. The van der Waals surface area contributed by atoms with Crippen molar-refractivity contribution in [1.29, 1.82) is 0 Å². The molecule has 2 aromatic carbocycles. The van der Waals surface area contributed by atoms with E-state index in [1.54, 1.807) is 19.4 Å². The number of fused-ring (bicyclic) bond motifs is 1. The van der Waals surface area contributed by atoms with E-state index in [2.05, 4.69) is 41.8 Å². The maximum absolute atomic E-state index is 13.5. The molecule has 0 saturated heterocycles. The lowest BCUT2D eigenvalue weighted by Crippen LogP contribution is -2.25. The molecular formula is C27H32BrN3O3. The number of hydrogen-bond donors (Lipinski definition) is 0. The summed E-state index contributed by atoms with van der Waals surface area (Å²) >= 11 is 3.55. The van der Waals surface area contributed by atoms with Crippen LogP contribution in [0.4, 0.5) is 0 Å². The van der Waals surface area contributed by atoms with E-state index in [0.717, 1.165) is 47.1 Å². The Labute approximate surface area is 209 Å². The number of nitrogens with zero attached hydrogens (tertiary/aromatic N) is 3. The molecule has 1 fully saturated rings. The quantitative estimate of drug-likeness (QED) is 0.343. The van der Waals surface area contributed by atoms with Crippen molar-refractivity contribution in [2.45, 2.75) is 58.8 Å². The molecule has 0 bridgehead atoms. The Morgan fingerprint density at radius 2 is 1.91 bits per heavy atom. The molecular weight excluding hydrogens is 494 g/mol. The van der Waals surface area contributed by atoms with Crippen LogP contribution in [0.15, 0.2) is 50.8 Å². The van der Waals surface area contributed by atoms with Crippen LogP contribution in [0, 0.1) is 5.41 Å². The first kappa shape index (κ1) is 24.5. The first-order valence-electron chi connectivity index (χ1n) is 11.8. The van der Waals surface area contributed by atoms with E-state index in [9.17, 15) is 4.79 Å². The third-order valence-corrected chi connectivity index (χ3v) is 6.44. The molecule has 1 heterocycles. The zero-order valence-electron chi connectivity index (χ0n) is 20.3. The van der Waals surface area contributed by atoms with Crippen molar-refractivity contribution in [2.24, 2.45) is 10.5 Å². The summed E-state index contributed by atoms with van der Waals surface area (Å²) in [5.41, 5.74) is 1.27. The summed E-state index contributed by atoms with van der Waals surface area (Å²) in [6.45, 7) is 6.85. The minimum atomic E-state index is -0.151. The molecule has 6 nitrogen and oxygen atoms in total. The van der Waals surface area contributed by atoms with E-state index in [1.165, 1.54) is 11.1 Å². The maximum Gasteiger partial charge on any atom is 0.282 e. The molecule has 1 aliphatic rings. The average molecular weight is 526 g/mol. The van der Waals surface area contributed by atoms with Crippen molar-refractivity contribution in [1.82, 2.24) is 9.66 Å². The lowest BCUT2D eigenvalue weighted by molar-refractivity contribution is 0.191. The Kier molecular flexibility index (Phi) is 7.41. The highest BCUT2D eigenvalue weighted by Crippen LogP contribution is 2.36. The molecule has 1 saturated carbocycles. The van der Waals surface area contributed by atoms with Crippen molar-refractivity contribution >= 4 is 33.0 Å². The van der Waals surface area contributed by atoms with Crippen molar-refractivity contribution in [3.63, 3.8) is 0 Å². The molecule has 1 aromatic heterocycles. The van der Waals surface area contributed by atoms with Gasteiger partial charge in [0, 0.05) is 16.0 Å². The Morgan fingerprint density at radius 3 is 2.62 bits per heavy atom. The monoisotopic (exact) mass is 525 g/mol. The van der Waals surface area contributed by atoms with E-state index in [-0.39, 0.29) is 16.9 Å². The number of methoxy groups -OCH3 is 1. The third-order valence-electron chi connectivity index (χ3n) is 5.98. The summed E-state index contributed by atoms with van der Waals surface area (Å²) in [4.78, 5) is 18.4. The molecule has 34 heavy (non-hydrogen) atoms. The number of benzene rings is 2. The smallest absolute Gasteiger partial charge is 0.282 e. The van der Waals surface area contributed by atoms with Crippen LogP contribution >= 0.6 is 15.9 Å². The van der Waals surface area contributed by atoms with Gasteiger partial charge < -0.3 is 9.47 Å². The van der Waals surface area contributed by atoms with Gasteiger partial charge in [-0.1, -0.05) is 68.1 Å². The number of aromatic nitrogens is 2. The van der Waals surface area contributed by atoms with E-state index in [1.807, 2.05) is 30.3 Å². The second-order valence-corrected chi connectivity index (χ2v) is 11.0. The number of para-hydroxylation sites is 1.